The summed E-state index contributed by atoms with van der Waals surface area (Å²) in [5, 5.41) is 58.6. The number of nitrogens with one attached hydrogen (secondary N) is 1. The maximum atomic E-state index is 11.7. The van der Waals surface area contributed by atoms with Crippen LogP contribution in [0.1, 0.15) is 0 Å². The fraction of sp³-hybridized carbons (Fsp3) is 0. The molecule has 0 unspecified atom stereocenters. The highest BCUT2D eigenvalue weighted by atomic mass is 35.5. The molecule has 0 fully saturated rings. The highest BCUT2D eigenvalue weighted by molar-refractivity contribution is 6.37. The van der Waals surface area contributed by atoms with Crippen molar-refractivity contribution < 1.29 is 24.7 Å². The Bertz CT molecular complexity index is 885. The van der Waals surface area contributed by atoms with Gasteiger partial charge >= 0.3 is 22.1 Å². The van der Waals surface area contributed by atoms with Gasteiger partial charge in [-0.15, -0.1) is 0 Å². The van der Waals surface area contributed by atoms with Crippen LogP contribution in [0.4, 0.5) is 17.1 Å². The standard InChI is InChI=1S/C6HClN8O8/c7-1-4(12(17)18)2-6(11(16)10-14(21)8-2)3(9-15(22)23)5(1)13(19)20/h9H. The lowest BCUT2D eigenvalue weighted by molar-refractivity contribution is -0.863. The molecule has 0 atom stereocenters. The Labute approximate surface area is 127 Å². The molecule has 2 rings (SSSR count). The summed E-state index contributed by atoms with van der Waals surface area (Å²) in [5.41, 5.74) is -4.45. The van der Waals surface area contributed by atoms with E-state index >= 15 is 0 Å². The zero-order valence-corrected chi connectivity index (χ0v) is 11.0. The first kappa shape index (κ1) is 15.7. The molecule has 0 radical (unpaired) electrons. The van der Waals surface area contributed by atoms with E-state index in [0.717, 1.165) is 0 Å². The maximum absolute atomic E-state index is 11.7. The normalized spacial score (nSPS) is 10.5. The lowest BCUT2D eigenvalue weighted by Crippen LogP contribution is -2.50. The molecular formula is C6HClN8O8. The Morgan fingerprint density at radius 3 is 2.09 bits per heavy atom. The van der Waals surface area contributed by atoms with E-state index in [1.807, 2.05) is 0 Å². The van der Waals surface area contributed by atoms with Crippen molar-refractivity contribution >= 4 is 39.7 Å². The fourth-order valence-corrected chi connectivity index (χ4v) is 2.03. The number of nitro benzene ring substituents is 2. The topological polar surface area (TPSA) is 221 Å². The van der Waals surface area contributed by atoms with Gasteiger partial charge in [0.25, 0.3) is 11.2 Å². The second-order valence-electron chi connectivity index (χ2n) is 3.68. The van der Waals surface area contributed by atoms with Gasteiger partial charge in [-0.2, -0.15) is 0 Å². The molecule has 17 heteroatoms. The third-order valence-corrected chi connectivity index (χ3v) is 2.80. The minimum atomic E-state index is -1.32. The van der Waals surface area contributed by atoms with Crippen molar-refractivity contribution in [3.63, 3.8) is 0 Å². The number of aromatic nitrogens is 4. The molecule has 1 aromatic heterocycles. The van der Waals surface area contributed by atoms with Crippen LogP contribution in [0.15, 0.2) is 0 Å². The van der Waals surface area contributed by atoms with Crippen molar-refractivity contribution in [2.75, 3.05) is 5.43 Å². The van der Waals surface area contributed by atoms with Gasteiger partial charge < -0.3 is 10.4 Å². The van der Waals surface area contributed by atoms with E-state index in [4.69, 9.17) is 11.6 Å². The SMILES string of the molecule is O=[N+]([O-])Nc1c([N+](=O)[O-])c(Cl)c([N+](=O)[O-])c2n[n+]([O-])n[n+]([O-])c12. The van der Waals surface area contributed by atoms with E-state index < -0.39 is 57.8 Å². The van der Waals surface area contributed by atoms with Crippen molar-refractivity contribution in [3.05, 3.63) is 45.8 Å². The summed E-state index contributed by atoms with van der Waals surface area (Å²) in [7, 11) is 0. The van der Waals surface area contributed by atoms with Crippen LogP contribution in [0, 0.1) is 40.8 Å². The molecule has 1 N–H and O–H groups in total. The molecule has 0 bridgehead atoms. The second-order valence-corrected chi connectivity index (χ2v) is 4.06. The van der Waals surface area contributed by atoms with Crippen LogP contribution in [0.3, 0.4) is 0 Å². The smallest absolute Gasteiger partial charge is 0.333 e. The van der Waals surface area contributed by atoms with Gasteiger partial charge in [-0.1, -0.05) is 17.0 Å². The molecule has 0 spiro atoms. The predicted molar refractivity (Wildman–Crippen MR) is 66.4 cm³/mol. The summed E-state index contributed by atoms with van der Waals surface area (Å²) < 4.78 is 0. The van der Waals surface area contributed by atoms with E-state index in [0.29, 0.717) is 0 Å². The number of hydrazine groups is 1. The van der Waals surface area contributed by atoms with Crippen LogP contribution in [0.5, 0.6) is 0 Å². The third-order valence-electron chi connectivity index (χ3n) is 2.44. The molecule has 0 amide bonds. The van der Waals surface area contributed by atoms with Crippen molar-refractivity contribution in [1.82, 2.24) is 10.3 Å². The average Bonchev–Trinajstić information content (AvgIpc) is 2.35. The summed E-state index contributed by atoms with van der Waals surface area (Å²) in [6, 6.07) is 0. The molecule has 0 aliphatic heterocycles. The zero-order chi connectivity index (χ0) is 17.5. The van der Waals surface area contributed by atoms with Crippen LogP contribution in [-0.4, -0.2) is 25.2 Å². The van der Waals surface area contributed by atoms with Gasteiger partial charge in [0, 0.05) is 4.85 Å². The lowest BCUT2D eigenvalue weighted by atomic mass is 10.2. The molecule has 1 aromatic carbocycles. The second kappa shape index (κ2) is 5.26. The molecule has 120 valence electrons. The van der Waals surface area contributed by atoms with Crippen LogP contribution in [0.25, 0.3) is 11.0 Å². The Kier molecular flexibility index (Phi) is 3.59. The van der Waals surface area contributed by atoms with Crippen LogP contribution < -0.4 is 15.2 Å². The first-order valence-electron chi connectivity index (χ1n) is 5.12. The molecule has 1 heterocycles. The van der Waals surface area contributed by atoms with Crippen LogP contribution in [0.2, 0.25) is 5.02 Å². The molecule has 0 aliphatic rings. The summed E-state index contributed by atoms with van der Waals surface area (Å²) in [6.07, 6.45) is 0. The van der Waals surface area contributed by atoms with Gasteiger partial charge in [0.15, 0.2) is 5.03 Å². The van der Waals surface area contributed by atoms with E-state index in [1.54, 1.807) is 0 Å². The molecule has 0 saturated heterocycles. The Morgan fingerprint density at radius 2 is 1.61 bits per heavy atom. The minimum absolute atomic E-state index is 0.586. The molecule has 2 aromatic rings. The predicted octanol–water partition coefficient (Wildman–Crippen LogP) is -1.03. The lowest BCUT2D eigenvalue weighted by Gasteiger charge is -2.04. The first-order valence-corrected chi connectivity index (χ1v) is 5.50. The molecule has 23 heavy (non-hydrogen) atoms. The maximum Gasteiger partial charge on any atom is 0.333 e. The van der Waals surface area contributed by atoms with Crippen molar-refractivity contribution in [1.29, 1.82) is 0 Å². The van der Waals surface area contributed by atoms with Crippen molar-refractivity contribution in [2.24, 2.45) is 0 Å². The molecular weight excluding hydrogens is 348 g/mol. The average molecular weight is 349 g/mol. The number of hydrogen-bond donors (Lipinski definition) is 1. The molecule has 16 nitrogen and oxygen atoms in total. The Balaban J connectivity index is 3.15. The van der Waals surface area contributed by atoms with E-state index in [9.17, 15) is 40.8 Å². The summed E-state index contributed by atoms with van der Waals surface area (Å²) in [6.45, 7) is 0. The summed E-state index contributed by atoms with van der Waals surface area (Å²) >= 11 is 5.54. The van der Waals surface area contributed by atoms with Gasteiger partial charge in [-0.3, -0.25) is 20.2 Å². The Hall–Kier alpha value is -3.69. The first-order chi connectivity index (χ1) is 10.6. The number of nitrogens with zero attached hydrogens (tertiary/aromatic N) is 7. The summed E-state index contributed by atoms with van der Waals surface area (Å²) in [4.78, 5) is 28.9. The van der Waals surface area contributed by atoms with Gasteiger partial charge in [-0.05, 0) is 0 Å². The summed E-state index contributed by atoms with van der Waals surface area (Å²) in [5.74, 6) is 0. The van der Waals surface area contributed by atoms with Crippen LogP contribution in [-0.2, 0) is 0 Å². The number of rotatable bonds is 4. The monoisotopic (exact) mass is 348 g/mol. The number of nitro groups is 3. The number of anilines is 1. The van der Waals surface area contributed by atoms with Gasteiger partial charge in [0.2, 0.25) is 5.02 Å². The van der Waals surface area contributed by atoms with E-state index in [2.05, 4.69) is 10.3 Å². The zero-order valence-electron chi connectivity index (χ0n) is 10.3. The largest absolute Gasteiger partial charge is 0.590 e. The van der Waals surface area contributed by atoms with Gasteiger partial charge in [0.1, 0.15) is 4.96 Å². The highest BCUT2D eigenvalue weighted by Gasteiger charge is 2.42. The minimum Gasteiger partial charge on any atom is -0.590 e. The third kappa shape index (κ3) is 2.48. The number of fused-ring (bicyclic) bond motifs is 1. The van der Waals surface area contributed by atoms with E-state index in [-0.39, 0.29) is 0 Å². The Morgan fingerprint density at radius 1 is 1.04 bits per heavy atom. The quantitative estimate of drug-likeness (QED) is 0.304. The number of benzene rings is 1. The van der Waals surface area contributed by atoms with Crippen LogP contribution >= 0.6 is 11.6 Å². The molecule has 0 saturated carbocycles. The number of halogens is 1. The molecule has 0 aliphatic carbocycles. The van der Waals surface area contributed by atoms with Gasteiger partial charge in [0.05, 0.1) is 14.9 Å². The van der Waals surface area contributed by atoms with Crippen molar-refractivity contribution in [2.45, 2.75) is 0 Å². The number of hydrogen-bond acceptors (Lipinski definition) is 10. The fourth-order valence-electron chi connectivity index (χ4n) is 1.70. The highest BCUT2D eigenvalue weighted by Crippen LogP contribution is 2.44. The van der Waals surface area contributed by atoms with Gasteiger partial charge in [-0.25, -0.2) is 10.1 Å². The van der Waals surface area contributed by atoms with Crippen molar-refractivity contribution in [3.8, 4) is 0 Å². The van der Waals surface area contributed by atoms with E-state index in [1.165, 1.54) is 5.43 Å².